The monoisotopic (exact) mass is 398 g/mol. The van der Waals surface area contributed by atoms with Crippen LogP contribution < -0.4 is 5.32 Å². The SMILES string of the molecule is CCC(C)C(NC(=O)c1cccc(S(=O)(=O)N2CCOCC2)c1)C(=O)OC. The number of hydrogen-bond donors (Lipinski definition) is 1. The molecule has 1 heterocycles. The number of amides is 1. The van der Waals surface area contributed by atoms with Crippen LogP contribution in [0.2, 0.25) is 0 Å². The van der Waals surface area contributed by atoms with Gasteiger partial charge in [0.2, 0.25) is 10.0 Å². The summed E-state index contributed by atoms with van der Waals surface area (Å²) in [5.41, 5.74) is 0.168. The van der Waals surface area contributed by atoms with Crippen LogP contribution in [-0.4, -0.2) is 64.1 Å². The summed E-state index contributed by atoms with van der Waals surface area (Å²) in [6.45, 7) is 4.97. The maximum atomic E-state index is 12.8. The van der Waals surface area contributed by atoms with Gasteiger partial charge in [0.1, 0.15) is 6.04 Å². The number of nitrogens with zero attached hydrogens (tertiary/aromatic N) is 1. The first-order chi connectivity index (χ1) is 12.8. The second kappa shape index (κ2) is 9.29. The number of hydrogen-bond acceptors (Lipinski definition) is 6. The summed E-state index contributed by atoms with van der Waals surface area (Å²) < 4.78 is 36.8. The summed E-state index contributed by atoms with van der Waals surface area (Å²) in [6.07, 6.45) is 0.672. The molecule has 2 rings (SSSR count). The van der Waals surface area contributed by atoms with E-state index in [1.165, 1.54) is 35.7 Å². The van der Waals surface area contributed by atoms with Crippen LogP contribution >= 0.6 is 0 Å². The fourth-order valence-corrected chi connectivity index (χ4v) is 4.21. The molecule has 0 spiro atoms. The van der Waals surface area contributed by atoms with Crippen molar-refractivity contribution in [1.82, 2.24) is 9.62 Å². The van der Waals surface area contributed by atoms with Crippen LogP contribution in [0.5, 0.6) is 0 Å². The van der Waals surface area contributed by atoms with Crippen molar-refractivity contribution in [2.75, 3.05) is 33.4 Å². The van der Waals surface area contributed by atoms with Crippen LogP contribution in [0.4, 0.5) is 0 Å². The van der Waals surface area contributed by atoms with E-state index >= 15 is 0 Å². The molecule has 1 N–H and O–H groups in total. The molecular formula is C18H26N2O6S. The Morgan fingerprint density at radius 1 is 1.30 bits per heavy atom. The van der Waals surface area contributed by atoms with Gasteiger partial charge in [-0.1, -0.05) is 26.3 Å². The van der Waals surface area contributed by atoms with Gasteiger partial charge in [-0.3, -0.25) is 4.79 Å². The van der Waals surface area contributed by atoms with Crippen LogP contribution in [0, 0.1) is 5.92 Å². The second-order valence-electron chi connectivity index (χ2n) is 6.40. The van der Waals surface area contributed by atoms with Gasteiger partial charge in [-0.25, -0.2) is 13.2 Å². The molecule has 0 aromatic heterocycles. The minimum Gasteiger partial charge on any atom is -0.467 e. The fraction of sp³-hybridized carbons (Fsp3) is 0.556. The van der Waals surface area contributed by atoms with E-state index in [4.69, 9.17) is 9.47 Å². The number of nitrogens with one attached hydrogen (secondary N) is 1. The van der Waals surface area contributed by atoms with Crippen molar-refractivity contribution in [3.8, 4) is 0 Å². The van der Waals surface area contributed by atoms with Gasteiger partial charge in [-0.05, 0) is 24.1 Å². The van der Waals surface area contributed by atoms with Crippen LogP contribution in [0.25, 0.3) is 0 Å². The van der Waals surface area contributed by atoms with E-state index in [1.54, 1.807) is 0 Å². The Labute approximate surface area is 159 Å². The number of benzene rings is 1. The molecule has 1 amide bonds. The molecule has 0 bridgehead atoms. The maximum Gasteiger partial charge on any atom is 0.328 e. The number of morpholine rings is 1. The molecule has 1 saturated heterocycles. The third kappa shape index (κ3) is 5.06. The third-order valence-corrected chi connectivity index (χ3v) is 6.55. The standard InChI is InChI=1S/C18H26N2O6S/c1-4-13(2)16(18(22)25-3)19-17(21)14-6-5-7-15(12-14)27(23,24)20-8-10-26-11-9-20/h5-7,12-13,16H,4,8-11H2,1-3H3,(H,19,21). The predicted octanol–water partition coefficient (Wildman–Crippen LogP) is 1.03. The Morgan fingerprint density at radius 2 is 1.96 bits per heavy atom. The molecule has 1 aliphatic heterocycles. The van der Waals surface area contributed by atoms with Gasteiger partial charge in [-0.2, -0.15) is 4.31 Å². The van der Waals surface area contributed by atoms with Crippen molar-refractivity contribution < 1.29 is 27.5 Å². The topological polar surface area (TPSA) is 102 Å². The average molecular weight is 398 g/mol. The molecule has 1 fully saturated rings. The van der Waals surface area contributed by atoms with Crippen molar-refractivity contribution in [3.05, 3.63) is 29.8 Å². The molecule has 1 aromatic carbocycles. The summed E-state index contributed by atoms with van der Waals surface area (Å²) in [6, 6.07) is 5.00. The van der Waals surface area contributed by atoms with E-state index in [0.29, 0.717) is 19.6 Å². The van der Waals surface area contributed by atoms with Gasteiger partial charge in [0.05, 0.1) is 25.2 Å². The number of sulfonamides is 1. The number of ether oxygens (including phenoxy) is 2. The zero-order valence-electron chi connectivity index (χ0n) is 15.8. The molecule has 27 heavy (non-hydrogen) atoms. The number of carbonyl (C=O) groups excluding carboxylic acids is 2. The highest BCUT2D eigenvalue weighted by molar-refractivity contribution is 7.89. The van der Waals surface area contributed by atoms with E-state index in [0.717, 1.165) is 0 Å². The Morgan fingerprint density at radius 3 is 2.56 bits per heavy atom. The van der Waals surface area contributed by atoms with E-state index in [1.807, 2.05) is 13.8 Å². The average Bonchev–Trinajstić information content (AvgIpc) is 2.71. The van der Waals surface area contributed by atoms with Crippen LogP contribution in [0.1, 0.15) is 30.6 Å². The molecular weight excluding hydrogens is 372 g/mol. The van der Waals surface area contributed by atoms with E-state index < -0.39 is 27.9 Å². The Hall–Kier alpha value is -1.97. The summed E-state index contributed by atoms with van der Waals surface area (Å²) in [7, 11) is -2.44. The number of carbonyl (C=O) groups is 2. The number of rotatable bonds is 7. The van der Waals surface area contributed by atoms with Crippen LogP contribution in [-0.2, 0) is 24.3 Å². The molecule has 0 saturated carbocycles. The molecule has 9 heteroatoms. The minimum absolute atomic E-state index is 0.0372. The second-order valence-corrected chi connectivity index (χ2v) is 8.34. The first-order valence-electron chi connectivity index (χ1n) is 8.88. The fourth-order valence-electron chi connectivity index (χ4n) is 2.75. The lowest BCUT2D eigenvalue weighted by molar-refractivity contribution is -0.144. The molecule has 2 atom stereocenters. The molecule has 8 nitrogen and oxygen atoms in total. The number of esters is 1. The first kappa shape index (κ1) is 21.3. The van der Waals surface area contributed by atoms with Crippen molar-refractivity contribution >= 4 is 21.9 Å². The third-order valence-electron chi connectivity index (χ3n) is 4.66. The molecule has 0 aliphatic carbocycles. The van der Waals surface area contributed by atoms with Gasteiger partial charge in [-0.15, -0.1) is 0 Å². The summed E-state index contributed by atoms with van der Waals surface area (Å²) in [5.74, 6) is -1.18. The highest BCUT2D eigenvalue weighted by Gasteiger charge is 2.29. The lowest BCUT2D eigenvalue weighted by atomic mass is 9.99. The van der Waals surface area contributed by atoms with Gasteiger partial charge >= 0.3 is 5.97 Å². The molecule has 2 unspecified atom stereocenters. The zero-order chi connectivity index (χ0) is 20.0. The van der Waals surface area contributed by atoms with Crippen molar-refractivity contribution in [3.63, 3.8) is 0 Å². The van der Waals surface area contributed by atoms with Gasteiger partial charge in [0.25, 0.3) is 5.91 Å². The van der Waals surface area contributed by atoms with E-state index in [-0.39, 0.29) is 29.5 Å². The van der Waals surface area contributed by atoms with Gasteiger partial charge in [0.15, 0.2) is 0 Å². The largest absolute Gasteiger partial charge is 0.467 e. The highest BCUT2D eigenvalue weighted by atomic mass is 32.2. The smallest absolute Gasteiger partial charge is 0.328 e. The van der Waals surface area contributed by atoms with Gasteiger partial charge < -0.3 is 14.8 Å². The zero-order valence-corrected chi connectivity index (χ0v) is 16.6. The Kier molecular flexibility index (Phi) is 7.34. The van der Waals surface area contributed by atoms with Crippen LogP contribution in [0.3, 0.4) is 0 Å². The normalized spacial score (nSPS) is 17.7. The maximum absolute atomic E-state index is 12.8. The van der Waals surface area contributed by atoms with E-state index in [2.05, 4.69) is 5.32 Å². The highest BCUT2D eigenvalue weighted by Crippen LogP contribution is 2.19. The Bertz CT molecular complexity index is 774. The van der Waals surface area contributed by atoms with Crippen LogP contribution in [0.15, 0.2) is 29.2 Å². The minimum atomic E-state index is -3.71. The van der Waals surface area contributed by atoms with E-state index in [9.17, 15) is 18.0 Å². The molecule has 1 aliphatic rings. The predicted molar refractivity (Wildman–Crippen MR) is 98.7 cm³/mol. The quantitative estimate of drug-likeness (QED) is 0.688. The lowest BCUT2D eigenvalue weighted by Crippen LogP contribution is -2.45. The van der Waals surface area contributed by atoms with Crippen molar-refractivity contribution in [1.29, 1.82) is 0 Å². The first-order valence-corrected chi connectivity index (χ1v) is 10.3. The lowest BCUT2D eigenvalue weighted by Gasteiger charge is -2.26. The van der Waals surface area contributed by atoms with Crippen molar-refractivity contribution in [2.45, 2.75) is 31.2 Å². The summed E-state index contributed by atoms with van der Waals surface area (Å²) in [4.78, 5) is 24.6. The summed E-state index contributed by atoms with van der Waals surface area (Å²) >= 11 is 0. The summed E-state index contributed by atoms with van der Waals surface area (Å²) in [5, 5.41) is 2.65. The van der Waals surface area contributed by atoms with Crippen molar-refractivity contribution in [2.24, 2.45) is 5.92 Å². The van der Waals surface area contributed by atoms with Gasteiger partial charge in [0, 0.05) is 18.7 Å². The molecule has 1 aromatic rings. The Balaban J connectivity index is 2.22. The molecule has 0 radical (unpaired) electrons. The number of methoxy groups -OCH3 is 1. The molecule has 150 valence electrons.